The molecule has 0 radical (unpaired) electrons. The molecule has 1 saturated heterocycles. The van der Waals surface area contributed by atoms with Gasteiger partial charge in [-0.1, -0.05) is 11.3 Å². The highest BCUT2D eigenvalue weighted by atomic mass is 32.1. The molecule has 0 aliphatic carbocycles. The highest BCUT2D eigenvalue weighted by Gasteiger charge is 2.16. The second kappa shape index (κ2) is 6.13. The van der Waals surface area contributed by atoms with Crippen LogP contribution in [-0.4, -0.2) is 65.3 Å². The van der Waals surface area contributed by atoms with Crippen molar-refractivity contribution in [2.45, 2.75) is 6.54 Å². The first-order valence-electron chi connectivity index (χ1n) is 6.62. The standard InChI is InChI=1S/C12H18N6S2/c1-13-12-16-15-11(20-12)9-7-14-10(19-9)8-18-5-3-17(2)4-6-18/h7H,3-6,8H2,1-2H3,(H,13,16). The minimum atomic E-state index is 0.842. The van der Waals surface area contributed by atoms with E-state index in [2.05, 4.69) is 37.3 Å². The van der Waals surface area contributed by atoms with Crippen LogP contribution >= 0.6 is 22.7 Å². The summed E-state index contributed by atoms with van der Waals surface area (Å²) in [6, 6.07) is 0. The molecule has 0 atom stereocenters. The van der Waals surface area contributed by atoms with Crippen LogP contribution in [0.2, 0.25) is 0 Å². The van der Waals surface area contributed by atoms with Crippen molar-refractivity contribution >= 4 is 27.8 Å². The van der Waals surface area contributed by atoms with E-state index in [1.54, 1.807) is 22.7 Å². The maximum absolute atomic E-state index is 4.52. The first-order chi connectivity index (χ1) is 9.74. The summed E-state index contributed by atoms with van der Waals surface area (Å²) >= 11 is 3.28. The van der Waals surface area contributed by atoms with Crippen molar-refractivity contribution in [1.29, 1.82) is 0 Å². The van der Waals surface area contributed by atoms with E-state index in [9.17, 15) is 0 Å². The summed E-state index contributed by atoms with van der Waals surface area (Å²) < 4.78 is 0. The molecule has 3 heterocycles. The number of nitrogens with zero attached hydrogens (tertiary/aromatic N) is 5. The lowest BCUT2D eigenvalue weighted by Crippen LogP contribution is -2.43. The molecule has 0 bridgehead atoms. The zero-order valence-corrected chi connectivity index (χ0v) is 13.3. The van der Waals surface area contributed by atoms with Gasteiger partial charge in [0.15, 0.2) is 5.01 Å². The molecule has 0 aromatic carbocycles. The monoisotopic (exact) mass is 310 g/mol. The Morgan fingerprint density at radius 2 is 2.00 bits per heavy atom. The molecular weight excluding hydrogens is 292 g/mol. The zero-order valence-electron chi connectivity index (χ0n) is 11.7. The Hall–Kier alpha value is -1.09. The number of likely N-dealkylation sites (N-methyl/N-ethyl adjacent to an activating group) is 1. The van der Waals surface area contributed by atoms with E-state index < -0.39 is 0 Å². The number of aromatic nitrogens is 3. The Labute approximate surface area is 126 Å². The molecule has 0 amide bonds. The molecule has 1 aliphatic heterocycles. The molecule has 3 rings (SSSR count). The van der Waals surface area contributed by atoms with Gasteiger partial charge in [0.05, 0.1) is 11.4 Å². The molecule has 108 valence electrons. The Morgan fingerprint density at radius 3 is 2.70 bits per heavy atom. The van der Waals surface area contributed by atoms with Gasteiger partial charge in [0.1, 0.15) is 5.01 Å². The largest absolute Gasteiger partial charge is 0.363 e. The highest BCUT2D eigenvalue weighted by molar-refractivity contribution is 7.23. The van der Waals surface area contributed by atoms with E-state index in [1.807, 2.05) is 13.2 Å². The maximum atomic E-state index is 4.52. The average Bonchev–Trinajstić information content (AvgIpc) is 3.10. The zero-order chi connectivity index (χ0) is 13.9. The van der Waals surface area contributed by atoms with Gasteiger partial charge in [0.25, 0.3) is 0 Å². The van der Waals surface area contributed by atoms with Crippen LogP contribution in [0.25, 0.3) is 9.88 Å². The van der Waals surface area contributed by atoms with Gasteiger partial charge >= 0.3 is 0 Å². The summed E-state index contributed by atoms with van der Waals surface area (Å²) in [6.07, 6.45) is 1.91. The lowest BCUT2D eigenvalue weighted by atomic mass is 10.3. The topological polar surface area (TPSA) is 57.2 Å². The first-order valence-corrected chi connectivity index (χ1v) is 8.25. The van der Waals surface area contributed by atoms with Crippen LogP contribution in [-0.2, 0) is 6.54 Å². The van der Waals surface area contributed by atoms with Crippen molar-refractivity contribution in [3.05, 3.63) is 11.2 Å². The summed E-state index contributed by atoms with van der Waals surface area (Å²) in [5.74, 6) is 0. The third kappa shape index (κ3) is 3.14. The average molecular weight is 310 g/mol. The van der Waals surface area contributed by atoms with E-state index >= 15 is 0 Å². The van der Waals surface area contributed by atoms with Gasteiger partial charge in [-0.25, -0.2) is 4.98 Å². The molecular formula is C12H18N6S2. The second-order valence-corrected chi connectivity index (χ2v) is 6.95. The second-order valence-electron chi connectivity index (χ2n) is 4.86. The van der Waals surface area contributed by atoms with Gasteiger partial charge in [-0.15, -0.1) is 21.5 Å². The summed E-state index contributed by atoms with van der Waals surface area (Å²) in [5, 5.41) is 14.2. The fourth-order valence-corrected chi connectivity index (χ4v) is 3.80. The van der Waals surface area contributed by atoms with Crippen molar-refractivity contribution in [3.8, 4) is 9.88 Å². The number of hydrogen-bond acceptors (Lipinski definition) is 8. The normalized spacial score (nSPS) is 17.5. The predicted octanol–water partition coefficient (Wildman–Crippen LogP) is 1.45. The third-order valence-corrected chi connectivity index (χ3v) is 5.45. The maximum Gasteiger partial charge on any atom is 0.205 e. The van der Waals surface area contributed by atoms with Crippen molar-refractivity contribution in [1.82, 2.24) is 25.0 Å². The minimum Gasteiger partial charge on any atom is -0.363 e. The molecule has 20 heavy (non-hydrogen) atoms. The molecule has 2 aromatic heterocycles. The smallest absolute Gasteiger partial charge is 0.205 e. The fraction of sp³-hybridized carbons (Fsp3) is 0.583. The van der Waals surface area contributed by atoms with Gasteiger partial charge in [-0.2, -0.15) is 0 Å². The number of anilines is 1. The molecule has 6 nitrogen and oxygen atoms in total. The summed E-state index contributed by atoms with van der Waals surface area (Å²) in [4.78, 5) is 10.5. The van der Waals surface area contributed by atoms with Gasteiger partial charge in [0.2, 0.25) is 5.13 Å². The Bertz CT molecular complexity index is 558. The minimum absolute atomic E-state index is 0.842. The van der Waals surface area contributed by atoms with Crippen molar-refractivity contribution < 1.29 is 0 Å². The van der Waals surface area contributed by atoms with Crippen molar-refractivity contribution in [3.63, 3.8) is 0 Å². The van der Waals surface area contributed by atoms with Crippen LogP contribution in [0.15, 0.2) is 6.20 Å². The Balaban J connectivity index is 1.64. The van der Waals surface area contributed by atoms with E-state index in [-0.39, 0.29) is 0 Å². The first kappa shape index (κ1) is 13.9. The number of hydrogen-bond donors (Lipinski definition) is 1. The van der Waals surface area contributed by atoms with Crippen molar-refractivity contribution in [2.75, 3.05) is 45.6 Å². The van der Waals surface area contributed by atoms with E-state index in [0.29, 0.717) is 0 Å². The predicted molar refractivity (Wildman–Crippen MR) is 83.3 cm³/mol. The van der Waals surface area contributed by atoms with Crippen LogP contribution in [0.5, 0.6) is 0 Å². The highest BCUT2D eigenvalue weighted by Crippen LogP contribution is 2.30. The van der Waals surface area contributed by atoms with Crippen LogP contribution in [0.1, 0.15) is 5.01 Å². The van der Waals surface area contributed by atoms with Gasteiger partial charge in [-0.05, 0) is 7.05 Å². The van der Waals surface area contributed by atoms with E-state index in [0.717, 1.165) is 52.7 Å². The van der Waals surface area contributed by atoms with Gasteiger partial charge in [-0.3, -0.25) is 4.90 Å². The fourth-order valence-electron chi connectivity index (χ4n) is 2.10. The number of rotatable bonds is 4. The Kier molecular flexibility index (Phi) is 4.25. The van der Waals surface area contributed by atoms with E-state index in [1.165, 1.54) is 0 Å². The van der Waals surface area contributed by atoms with E-state index in [4.69, 9.17) is 0 Å². The molecule has 2 aromatic rings. The van der Waals surface area contributed by atoms with Gasteiger partial charge < -0.3 is 10.2 Å². The Morgan fingerprint density at radius 1 is 1.20 bits per heavy atom. The van der Waals surface area contributed by atoms with Crippen LogP contribution in [0.3, 0.4) is 0 Å². The number of thiazole rings is 1. The summed E-state index contributed by atoms with van der Waals surface area (Å²) in [5.41, 5.74) is 0. The molecule has 1 N–H and O–H groups in total. The SMILES string of the molecule is CNc1nnc(-c2cnc(CN3CCN(C)CC3)s2)s1. The molecule has 0 spiro atoms. The lowest BCUT2D eigenvalue weighted by Gasteiger charge is -2.31. The van der Waals surface area contributed by atoms with Gasteiger partial charge in [0, 0.05) is 39.4 Å². The van der Waals surface area contributed by atoms with Crippen LogP contribution in [0.4, 0.5) is 5.13 Å². The molecule has 1 fully saturated rings. The van der Waals surface area contributed by atoms with Crippen LogP contribution < -0.4 is 5.32 Å². The lowest BCUT2D eigenvalue weighted by molar-refractivity contribution is 0.148. The van der Waals surface area contributed by atoms with Crippen LogP contribution in [0, 0.1) is 0 Å². The number of nitrogens with one attached hydrogen (secondary N) is 1. The molecule has 0 unspecified atom stereocenters. The quantitative estimate of drug-likeness (QED) is 0.922. The number of piperazine rings is 1. The summed E-state index contributed by atoms with van der Waals surface area (Å²) in [7, 11) is 4.03. The summed E-state index contributed by atoms with van der Waals surface area (Å²) in [6.45, 7) is 5.46. The molecule has 1 aliphatic rings. The molecule has 0 saturated carbocycles. The van der Waals surface area contributed by atoms with Crippen molar-refractivity contribution in [2.24, 2.45) is 0 Å². The molecule has 8 heteroatoms. The third-order valence-electron chi connectivity index (χ3n) is 3.36.